The first-order chi connectivity index (χ1) is 20.0. The van der Waals surface area contributed by atoms with E-state index in [-0.39, 0.29) is 30.9 Å². The zero-order valence-corrected chi connectivity index (χ0v) is 23.1. The average molecular weight is 593 g/mol. The number of ether oxygens (including phenoxy) is 2. The Morgan fingerprint density at radius 1 is 1.07 bits per heavy atom. The summed E-state index contributed by atoms with van der Waals surface area (Å²) in [5.74, 6) is -1.30. The molecule has 0 radical (unpaired) electrons. The van der Waals surface area contributed by atoms with Gasteiger partial charge in [0.25, 0.3) is 0 Å². The lowest BCUT2D eigenvalue weighted by Crippen LogP contribution is -2.62. The van der Waals surface area contributed by atoms with Gasteiger partial charge in [0.15, 0.2) is 11.5 Å². The molecular weight excluding hydrogens is 557 g/mol. The molecule has 0 unspecified atom stereocenters. The number of hydrogen-bond acceptors (Lipinski definition) is 7. The summed E-state index contributed by atoms with van der Waals surface area (Å²) in [6.45, 7) is 1.51. The summed E-state index contributed by atoms with van der Waals surface area (Å²) < 4.78 is 42.6. The van der Waals surface area contributed by atoms with Crippen LogP contribution in [0.3, 0.4) is 0 Å². The molecule has 2 aliphatic heterocycles. The minimum absolute atomic E-state index is 0.00765. The van der Waals surface area contributed by atoms with Gasteiger partial charge in [-0.25, -0.2) is 0 Å². The third-order valence-corrected chi connectivity index (χ3v) is 7.90. The fraction of sp³-hybridized carbons (Fsp3) is 0.517. The van der Waals surface area contributed by atoms with Gasteiger partial charge in [-0.05, 0) is 73.8 Å². The van der Waals surface area contributed by atoms with Crippen LogP contribution < -0.4 is 25.6 Å². The van der Waals surface area contributed by atoms with Crippen LogP contribution in [0.5, 0.6) is 11.5 Å². The predicted octanol–water partition coefficient (Wildman–Crippen LogP) is 1.54. The van der Waals surface area contributed by atoms with Crippen LogP contribution in [-0.2, 0) is 14.4 Å². The van der Waals surface area contributed by atoms with Crippen LogP contribution in [0.25, 0.3) is 0 Å². The molecule has 3 aliphatic rings. The van der Waals surface area contributed by atoms with Gasteiger partial charge in [-0.15, -0.1) is 0 Å². The van der Waals surface area contributed by atoms with E-state index in [1.54, 1.807) is 17.3 Å². The van der Waals surface area contributed by atoms with Crippen molar-refractivity contribution in [2.45, 2.75) is 69.1 Å². The molecule has 4 N–H and O–H groups in total. The van der Waals surface area contributed by atoms with Gasteiger partial charge in [0.2, 0.25) is 18.6 Å². The smallest absolute Gasteiger partial charge is 0.430 e. The predicted molar refractivity (Wildman–Crippen MR) is 141 cm³/mol. The van der Waals surface area contributed by atoms with Crippen LogP contribution in [0.15, 0.2) is 42.7 Å². The van der Waals surface area contributed by atoms with Crippen molar-refractivity contribution in [3.05, 3.63) is 53.9 Å². The van der Waals surface area contributed by atoms with Crippen molar-refractivity contribution < 1.29 is 47.9 Å². The minimum atomic E-state index is -5.19. The van der Waals surface area contributed by atoms with Gasteiger partial charge >= 0.3 is 6.18 Å². The summed E-state index contributed by atoms with van der Waals surface area (Å²) in [5.41, 5.74) is 6.08. The number of nitrogens with zero attached hydrogens (tertiary/aromatic N) is 2. The molecule has 1 aromatic carbocycles. The van der Waals surface area contributed by atoms with Crippen molar-refractivity contribution in [1.29, 1.82) is 0 Å². The second kappa shape index (κ2) is 13.9. The number of nitrogens with one attached hydrogen (secondary N) is 1. The molecule has 42 heavy (non-hydrogen) atoms. The molecule has 0 bridgehead atoms. The van der Waals surface area contributed by atoms with Crippen molar-refractivity contribution in [3.8, 4) is 11.5 Å². The number of rotatable bonds is 7. The third-order valence-electron chi connectivity index (χ3n) is 7.90. The number of fused-ring (bicyclic) bond motifs is 1. The van der Waals surface area contributed by atoms with Crippen molar-refractivity contribution in [2.24, 2.45) is 5.92 Å². The fourth-order valence-corrected chi connectivity index (χ4v) is 5.57. The molecule has 1 aromatic heterocycles. The largest absolute Gasteiger partial charge is 0.542 e. The molecule has 1 saturated carbocycles. The Kier molecular flexibility index (Phi) is 10.3. The third kappa shape index (κ3) is 8.11. The maximum Gasteiger partial charge on any atom is 0.430 e. The summed E-state index contributed by atoms with van der Waals surface area (Å²) in [7, 11) is 0. The molecule has 2 aromatic rings. The molecule has 228 valence electrons. The van der Waals surface area contributed by atoms with Gasteiger partial charge in [0.1, 0.15) is 12.0 Å². The van der Waals surface area contributed by atoms with Crippen LogP contribution in [0.4, 0.5) is 13.2 Å². The van der Waals surface area contributed by atoms with Crippen molar-refractivity contribution in [1.82, 2.24) is 15.2 Å². The molecule has 13 heteroatoms. The molecule has 2 fully saturated rings. The summed E-state index contributed by atoms with van der Waals surface area (Å²) in [5, 5.41) is 11.9. The number of carbonyl (C=O) groups is 3. The normalized spacial score (nSPS) is 22.1. The lowest BCUT2D eigenvalue weighted by molar-refractivity contribution is -0.426. The number of aromatic nitrogens is 1. The number of alkyl halides is 3. The molecule has 10 nitrogen and oxygen atoms in total. The Bertz CT molecular complexity index is 1240. The zero-order chi connectivity index (χ0) is 30.3. The maximum absolute atomic E-state index is 13.6. The number of carbonyl (C=O) groups excluding carboxylic acids is 3. The zero-order valence-electron chi connectivity index (χ0n) is 23.1. The van der Waals surface area contributed by atoms with Crippen molar-refractivity contribution in [2.75, 3.05) is 19.9 Å². The van der Waals surface area contributed by atoms with Crippen LogP contribution in [0, 0.1) is 5.92 Å². The quantitative estimate of drug-likeness (QED) is 0.496. The van der Waals surface area contributed by atoms with E-state index in [2.05, 4.69) is 16.0 Å². The average Bonchev–Trinajstić information content (AvgIpc) is 3.65. The lowest BCUT2D eigenvalue weighted by Gasteiger charge is -2.28. The van der Waals surface area contributed by atoms with E-state index in [9.17, 15) is 22.8 Å². The van der Waals surface area contributed by atoms with Crippen LogP contribution in [-0.4, -0.2) is 65.8 Å². The van der Waals surface area contributed by atoms with Gasteiger partial charge in [-0.2, -0.15) is 13.2 Å². The first-order valence-corrected chi connectivity index (χ1v) is 14.0. The number of carboxylic acids is 1. The summed E-state index contributed by atoms with van der Waals surface area (Å²) in [4.78, 5) is 41.5. The van der Waals surface area contributed by atoms with E-state index < -0.39 is 18.2 Å². The Morgan fingerprint density at radius 3 is 2.45 bits per heavy atom. The SMILES string of the molecule is O=C([O-])C(F)(F)F.[NH3+]C1CCC(CNC(=O)[C@@H]2CCCN2C(=O)C[C@H](c2cccnc2)c2ccc3c(c2)OCO3)CC1. The van der Waals surface area contributed by atoms with Gasteiger partial charge in [0.05, 0.1) is 6.04 Å². The van der Waals surface area contributed by atoms with Crippen molar-refractivity contribution in [3.63, 3.8) is 0 Å². The molecule has 1 saturated heterocycles. The van der Waals surface area contributed by atoms with Crippen LogP contribution in [0.2, 0.25) is 0 Å². The van der Waals surface area contributed by atoms with E-state index in [0.29, 0.717) is 43.0 Å². The molecule has 1 aliphatic carbocycles. The van der Waals surface area contributed by atoms with Crippen molar-refractivity contribution >= 4 is 17.8 Å². The van der Waals surface area contributed by atoms with E-state index in [1.807, 2.05) is 30.3 Å². The number of aliphatic carboxylic acids is 1. The molecular formula is C29H35F3N4O6. The monoisotopic (exact) mass is 592 g/mol. The molecule has 2 amide bonds. The number of hydrogen-bond donors (Lipinski definition) is 2. The second-order valence-corrected chi connectivity index (χ2v) is 10.8. The van der Waals surface area contributed by atoms with Gasteiger partial charge in [-0.1, -0.05) is 12.1 Å². The first-order valence-electron chi connectivity index (χ1n) is 14.0. The Balaban J connectivity index is 0.000000517. The van der Waals surface area contributed by atoms with E-state index >= 15 is 0 Å². The number of likely N-dealkylation sites (tertiary alicyclic amines) is 1. The number of amides is 2. The highest BCUT2D eigenvalue weighted by molar-refractivity contribution is 5.88. The van der Waals surface area contributed by atoms with Gasteiger partial charge in [0, 0.05) is 37.8 Å². The lowest BCUT2D eigenvalue weighted by atomic mass is 9.86. The van der Waals surface area contributed by atoms with Crippen LogP contribution >= 0.6 is 0 Å². The Hall–Kier alpha value is -3.87. The van der Waals surface area contributed by atoms with E-state index in [0.717, 1.165) is 43.2 Å². The fourth-order valence-electron chi connectivity index (χ4n) is 5.57. The maximum atomic E-state index is 13.6. The standard InChI is InChI=1S/C27H34N4O4.C2HF3O2/c28-21-8-5-18(6-9-21)15-30-27(33)23-4-2-12-31(23)26(32)14-22(20-3-1-11-29-16-20)19-7-10-24-25(13-19)35-17-34-24;3-2(4,5)1(6)7/h1,3,7,10-11,13,16,18,21-23H,2,4-6,8-9,12,14-15,17,28H2,(H,30,33);(H,6,7)/t18?,21?,22-,23-;/m0./s1. The van der Waals surface area contributed by atoms with E-state index in [1.165, 1.54) is 0 Å². The molecule has 2 atom stereocenters. The second-order valence-electron chi connectivity index (χ2n) is 10.8. The Labute approximate surface area is 241 Å². The molecule has 5 rings (SSSR count). The number of halogens is 3. The van der Waals surface area contributed by atoms with Gasteiger partial charge < -0.3 is 35.3 Å². The highest BCUT2D eigenvalue weighted by Gasteiger charge is 2.36. The Morgan fingerprint density at radius 2 is 1.79 bits per heavy atom. The highest BCUT2D eigenvalue weighted by Crippen LogP contribution is 2.38. The van der Waals surface area contributed by atoms with Crippen LogP contribution in [0.1, 0.15) is 62.0 Å². The summed E-state index contributed by atoms with van der Waals surface area (Å²) in [6, 6.07) is 9.84. The number of pyridine rings is 1. The number of carboxylic acid groups (broad SMARTS) is 1. The molecule has 3 heterocycles. The summed E-state index contributed by atoms with van der Waals surface area (Å²) in [6.07, 6.45) is 4.65. The summed E-state index contributed by atoms with van der Waals surface area (Å²) >= 11 is 0. The first kappa shape index (κ1) is 31.1. The number of benzene rings is 1. The number of quaternary nitrogens is 1. The van der Waals surface area contributed by atoms with E-state index in [4.69, 9.17) is 19.4 Å². The van der Waals surface area contributed by atoms with Gasteiger partial charge in [-0.3, -0.25) is 14.6 Å². The highest BCUT2D eigenvalue weighted by atomic mass is 19.4. The topological polar surface area (TPSA) is 149 Å². The minimum Gasteiger partial charge on any atom is -0.542 e. The molecule has 0 spiro atoms.